The average molecular weight is 297 g/mol. The second-order valence-electron chi connectivity index (χ2n) is 4.35. The molecule has 0 aliphatic rings. The minimum atomic E-state index is -4.72. The lowest BCUT2D eigenvalue weighted by Gasteiger charge is -2.15. The summed E-state index contributed by atoms with van der Waals surface area (Å²) < 4.78 is 45.8. The van der Waals surface area contributed by atoms with E-state index in [1.165, 1.54) is 18.2 Å². The molecule has 0 aliphatic heterocycles. The van der Waals surface area contributed by atoms with Crippen LogP contribution >= 0.6 is 0 Å². The van der Waals surface area contributed by atoms with Crippen molar-refractivity contribution in [3.05, 3.63) is 60.2 Å². The van der Waals surface area contributed by atoms with Gasteiger partial charge in [0, 0.05) is 0 Å². The molecule has 0 amide bonds. The summed E-state index contributed by atoms with van der Waals surface area (Å²) in [6, 6.07) is 14.0. The number of alkyl halides is 3. The first kappa shape index (κ1) is 15.2. The van der Waals surface area contributed by atoms with E-state index in [1.54, 1.807) is 18.2 Å². The number of ether oxygens (including phenoxy) is 2. The molecule has 0 radical (unpaired) electrons. The molecule has 1 unspecified atom stereocenters. The Morgan fingerprint density at radius 3 is 2.29 bits per heavy atom. The number of hydrogen-bond donors (Lipinski definition) is 1. The SMILES string of the molecule is NC(COc1ccccc1)c1cccc(OC(F)(F)F)c1. The molecule has 2 N–H and O–H groups in total. The fourth-order valence-corrected chi connectivity index (χ4v) is 1.74. The van der Waals surface area contributed by atoms with E-state index in [9.17, 15) is 13.2 Å². The molecule has 2 aromatic rings. The van der Waals surface area contributed by atoms with Gasteiger partial charge in [-0.25, -0.2) is 0 Å². The summed E-state index contributed by atoms with van der Waals surface area (Å²) in [5.74, 6) is 0.353. The van der Waals surface area contributed by atoms with E-state index in [1.807, 2.05) is 18.2 Å². The van der Waals surface area contributed by atoms with E-state index < -0.39 is 12.4 Å². The maximum atomic E-state index is 12.2. The van der Waals surface area contributed by atoms with Crippen LogP contribution in [0.15, 0.2) is 54.6 Å². The van der Waals surface area contributed by atoms with Crippen LogP contribution in [0.4, 0.5) is 13.2 Å². The van der Waals surface area contributed by atoms with Gasteiger partial charge in [-0.1, -0.05) is 30.3 Å². The van der Waals surface area contributed by atoms with E-state index in [4.69, 9.17) is 10.5 Å². The monoisotopic (exact) mass is 297 g/mol. The predicted octanol–water partition coefficient (Wildman–Crippen LogP) is 3.66. The first-order chi connectivity index (χ1) is 9.94. The summed E-state index contributed by atoms with van der Waals surface area (Å²) >= 11 is 0. The van der Waals surface area contributed by atoms with Crippen molar-refractivity contribution in [3.8, 4) is 11.5 Å². The van der Waals surface area contributed by atoms with E-state index in [2.05, 4.69) is 4.74 Å². The van der Waals surface area contributed by atoms with Gasteiger partial charge in [0.2, 0.25) is 0 Å². The van der Waals surface area contributed by atoms with E-state index >= 15 is 0 Å². The van der Waals surface area contributed by atoms with Gasteiger partial charge in [0.15, 0.2) is 0 Å². The van der Waals surface area contributed by atoms with Gasteiger partial charge in [-0.3, -0.25) is 0 Å². The number of para-hydroxylation sites is 1. The van der Waals surface area contributed by atoms with E-state index in [0.717, 1.165) is 0 Å². The van der Waals surface area contributed by atoms with Crippen molar-refractivity contribution in [1.29, 1.82) is 0 Å². The summed E-state index contributed by atoms with van der Waals surface area (Å²) in [5.41, 5.74) is 6.42. The van der Waals surface area contributed by atoms with Crippen molar-refractivity contribution < 1.29 is 22.6 Å². The number of rotatable bonds is 5. The number of hydrogen-bond acceptors (Lipinski definition) is 3. The lowest BCUT2D eigenvalue weighted by Crippen LogP contribution is -2.20. The smallest absolute Gasteiger partial charge is 0.492 e. The first-order valence-corrected chi connectivity index (χ1v) is 6.23. The molecule has 0 saturated carbocycles. The van der Waals surface area contributed by atoms with Gasteiger partial charge >= 0.3 is 6.36 Å². The zero-order valence-corrected chi connectivity index (χ0v) is 11.0. The summed E-state index contributed by atoms with van der Waals surface area (Å²) in [4.78, 5) is 0. The van der Waals surface area contributed by atoms with Crippen molar-refractivity contribution in [2.75, 3.05) is 6.61 Å². The van der Waals surface area contributed by atoms with Crippen molar-refractivity contribution in [1.82, 2.24) is 0 Å². The van der Waals surface area contributed by atoms with Gasteiger partial charge in [0.05, 0.1) is 6.04 Å². The number of halogens is 3. The summed E-state index contributed by atoms with van der Waals surface area (Å²) in [6.45, 7) is 0.152. The third-order valence-corrected chi connectivity index (χ3v) is 2.69. The number of nitrogens with two attached hydrogens (primary N) is 1. The minimum absolute atomic E-state index is 0.152. The van der Waals surface area contributed by atoms with Gasteiger partial charge in [-0.15, -0.1) is 13.2 Å². The molecule has 0 bridgehead atoms. The Morgan fingerprint density at radius 2 is 1.62 bits per heavy atom. The highest BCUT2D eigenvalue weighted by Crippen LogP contribution is 2.25. The highest BCUT2D eigenvalue weighted by molar-refractivity contribution is 5.31. The lowest BCUT2D eigenvalue weighted by atomic mass is 10.1. The van der Waals surface area contributed by atoms with E-state index in [-0.39, 0.29) is 12.4 Å². The van der Waals surface area contributed by atoms with Crippen molar-refractivity contribution in [2.45, 2.75) is 12.4 Å². The van der Waals surface area contributed by atoms with Gasteiger partial charge in [-0.2, -0.15) is 0 Å². The maximum absolute atomic E-state index is 12.2. The lowest BCUT2D eigenvalue weighted by molar-refractivity contribution is -0.274. The topological polar surface area (TPSA) is 44.5 Å². The Labute approximate surface area is 120 Å². The quantitative estimate of drug-likeness (QED) is 0.916. The van der Waals surface area contributed by atoms with Crippen LogP contribution in [0.5, 0.6) is 11.5 Å². The minimum Gasteiger partial charge on any atom is -0.492 e. The highest BCUT2D eigenvalue weighted by atomic mass is 19.4. The molecule has 0 saturated heterocycles. The third-order valence-electron chi connectivity index (χ3n) is 2.69. The van der Waals surface area contributed by atoms with Crippen LogP contribution in [0.1, 0.15) is 11.6 Å². The van der Waals surface area contributed by atoms with Gasteiger partial charge in [0.25, 0.3) is 0 Å². The number of benzene rings is 2. The molecule has 1 atom stereocenters. The van der Waals surface area contributed by atoms with Crippen LogP contribution in [0.2, 0.25) is 0 Å². The zero-order chi connectivity index (χ0) is 15.3. The predicted molar refractivity (Wildman–Crippen MR) is 72.0 cm³/mol. The summed E-state index contributed by atoms with van der Waals surface area (Å²) in [5, 5.41) is 0. The average Bonchev–Trinajstić information content (AvgIpc) is 2.44. The Bertz CT molecular complexity index is 573. The normalized spacial score (nSPS) is 12.8. The molecule has 0 aromatic heterocycles. The van der Waals surface area contributed by atoms with Crippen LogP contribution in [-0.4, -0.2) is 13.0 Å². The van der Waals surface area contributed by atoms with Gasteiger partial charge < -0.3 is 15.2 Å². The molecular formula is C15H14F3NO2. The van der Waals surface area contributed by atoms with Crippen LogP contribution in [-0.2, 0) is 0 Å². The molecule has 0 aliphatic carbocycles. The Kier molecular flexibility index (Phi) is 4.70. The molecule has 2 rings (SSSR count). The van der Waals surface area contributed by atoms with Crippen LogP contribution < -0.4 is 15.2 Å². The van der Waals surface area contributed by atoms with Crippen LogP contribution in [0.25, 0.3) is 0 Å². The maximum Gasteiger partial charge on any atom is 0.573 e. The fourth-order valence-electron chi connectivity index (χ4n) is 1.74. The molecule has 0 spiro atoms. The molecule has 6 heteroatoms. The Morgan fingerprint density at radius 1 is 0.952 bits per heavy atom. The highest BCUT2D eigenvalue weighted by Gasteiger charge is 2.31. The zero-order valence-electron chi connectivity index (χ0n) is 11.0. The molecule has 112 valence electrons. The van der Waals surface area contributed by atoms with Gasteiger partial charge in [0.1, 0.15) is 18.1 Å². The van der Waals surface area contributed by atoms with Crippen molar-refractivity contribution in [2.24, 2.45) is 5.73 Å². The van der Waals surface area contributed by atoms with Crippen molar-refractivity contribution in [3.63, 3.8) is 0 Å². The second-order valence-corrected chi connectivity index (χ2v) is 4.35. The molecule has 0 fully saturated rings. The molecule has 2 aromatic carbocycles. The molecule has 21 heavy (non-hydrogen) atoms. The second kappa shape index (κ2) is 6.49. The Hall–Kier alpha value is -2.21. The molecule has 0 heterocycles. The van der Waals surface area contributed by atoms with Gasteiger partial charge in [-0.05, 0) is 29.8 Å². The third kappa shape index (κ3) is 5.00. The summed E-state index contributed by atoms with van der Waals surface area (Å²) in [6.07, 6.45) is -4.72. The van der Waals surface area contributed by atoms with Crippen LogP contribution in [0.3, 0.4) is 0 Å². The fraction of sp³-hybridized carbons (Fsp3) is 0.200. The van der Waals surface area contributed by atoms with Crippen LogP contribution in [0, 0.1) is 0 Å². The van der Waals surface area contributed by atoms with E-state index in [0.29, 0.717) is 11.3 Å². The standard InChI is InChI=1S/C15H14F3NO2/c16-15(17,18)21-13-8-4-5-11(9-13)14(19)10-20-12-6-2-1-3-7-12/h1-9,14H,10,19H2. The first-order valence-electron chi connectivity index (χ1n) is 6.23. The summed E-state index contributed by atoms with van der Waals surface area (Å²) in [7, 11) is 0. The molecular weight excluding hydrogens is 283 g/mol. The van der Waals surface area contributed by atoms with Crippen molar-refractivity contribution >= 4 is 0 Å². The molecule has 3 nitrogen and oxygen atoms in total. The largest absolute Gasteiger partial charge is 0.573 e. The Balaban J connectivity index is 1.99.